The molecular weight excluding hydrogens is 1100 g/mol. The van der Waals surface area contributed by atoms with Crippen LogP contribution in [0.15, 0.2) is 0 Å². The number of piperidine rings is 1. The van der Waals surface area contributed by atoms with Gasteiger partial charge in [-0.2, -0.15) is 0 Å². The highest BCUT2D eigenvalue weighted by molar-refractivity contribution is 5.86. The zero-order valence-corrected chi connectivity index (χ0v) is 53.4. The van der Waals surface area contributed by atoms with Crippen LogP contribution in [0.5, 0.6) is 0 Å². The van der Waals surface area contributed by atoms with Gasteiger partial charge in [0, 0.05) is 102 Å². The number of hydrogen-bond acceptors (Lipinski definition) is 14. The number of carbonyl (C=O) groups is 10. The summed E-state index contributed by atoms with van der Waals surface area (Å²) in [5, 5.41) is 20.8. The van der Waals surface area contributed by atoms with Gasteiger partial charge < -0.3 is 50.2 Å². The fraction of sp³-hybridized carbons (Fsp3) is 0.848. The number of ether oxygens (including phenoxy) is 4. The van der Waals surface area contributed by atoms with Gasteiger partial charge in [0.05, 0.1) is 33.0 Å². The fourth-order valence-corrected chi connectivity index (χ4v) is 11.2. The molecule has 3 saturated heterocycles. The van der Waals surface area contributed by atoms with Crippen molar-refractivity contribution in [3.8, 4) is 0 Å². The van der Waals surface area contributed by atoms with Crippen LogP contribution in [-0.2, 0) is 66.9 Å². The molecule has 20 heteroatoms. The van der Waals surface area contributed by atoms with E-state index in [1.165, 1.54) is 77.6 Å². The third-order valence-corrected chi connectivity index (χ3v) is 16.8. The Morgan fingerprint density at radius 1 is 0.581 bits per heavy atom. The second-order valence-electron chi connectivity index (χ2n) is 24.0. The average Bonchev–Trinajstić information content (AvgIpc) is 3.68. The smallest absolute Gasteiger partial charge is 0.326 e. The molecule has 3 fully saturated rings. The van der Waals surface area contributed by atoms with E-state index < -0.39 is 12.0 Å². The molecule has 0 saturated carbocycles. The predicted octanol–water partition coefficient (Wildman–Crippen LogP) is 9.28. The van der Waals surface area contributed by atoms with E-state index in [4.69, 9.17) is 18.9 Å². The molecular formula is C66H115N5O15. The first-order chi connectivity index (χ1) is 41.6. The van der Waals surface area contributed by atoms with Gasteiger partial charge in [-0.1, -0.05) is 117 Å². The number of fused-ring (bicyclic) bond motifs is 15. The summed E-state index contributed by atoms with van der Waals surface area (Å²) in [6, 6.07) is -1.10. The number of unbranched alkanes of at least 4 members (excludes halogenated alkanes) is 15. The summed E-state index contributed by atoms with van der Waals surface area (Å²) in [5.74, 6) is -2.95. The number of Topliss-reactive ketones (excluding diaryl/α,β-unsaturated/α-hetero) is 4. The molecule has 5 amide bonds. The third kappa shape index (κ3) is 40.0. The topological polar surface area (TPSA) is 279 Å². The maximum Gasteiger partial charge on any atom is 0.326 e. The van der Waals surface area contributed by atoms with Gasteiger partial charge in [0.2, 0.25) is 29.5 Å². The number of rotatable bonds is 49. The SMILES string of the molecule is CCCCCCCCCCCCCCCCCC(=O)NC(CCC(=O)CCCOCCOCC(=O)NCCOCCOCC(=O)NCCCC[C@H](CC)C(=O)CC[C@H]1CCCCNC(=O)C2CCN(CC2)C(=O)CC[C@@H](C(C)=O)CCC1=O)C(=O)O. The van der Waals surface area contributed by atoms with Crippen LogP contribution in [-0.4, -0.2) is 160 Å². The fourth-order valence-electron chi connectivity index (χ4n) is 11.2. The van der Waals surface area contributed by atoms with Crippen LogP contribution >= 0.6 is 0 Å². The molecule has 3 heterocycles. The van der Waals surface area contributed by atoms with Crippen molar-refractivity contribution >= 4 is 58.6 Å². The van der Waals surface area contributed by atoms with E-state index in [2.05, 4.69) is 28.2 Å². The van der Waals surface area contributed by atoms with E-state index >= 15 is 0 Å². The number of amides is 5. The second kappa shape index (κ2) is 51.2. The lowest BCUT2D eigenvalue weighted by atomic mass is 9.84. The van der Waals surface area contributed by atoms with Gasteiger partial charge in [-0.05, 0) is 90.4 Å². The van der Waals surface area contributed by atoms with Crippen molar-refractivity contribution in [1.29, 1.82) is 0 Å². The van der Waals surface area contributed by atoms with Crippen molar-refractivity contribution in [3.05, 3.63) is 0 Å². The molecule has 3 aliphatic heterocycles. The molecule has 494 valence electrons. The molecule has 20 nitrogen and oxygen atoms in total. The second-order valence-corrected chi connectivity index (χ2v) is 24.0. The number of nitrogens with zero attached hydrogens (tertiary/aromatic N) is 1. The lowest BCUT2D eigenvalue weighted by Crippen LogP contribution is -2.43. The minimum atomic E-state index is -1.15. The summed E-state index contributed by atoms with van der Waals surface area (Å²) >= 11 is 0. The summed E-state index contributed by atoms with van der Waals surface area (Å²) in [6.07, 6.45) is 27.6. The third-order valence-electron chi connectivity index (χ3n) is 16.8. The molecule has 1 unspecified atom stereocenters. The first-order valence-electron chi connectivity index (χ1n) is 33.6. The van der Waals surface area contributed by atoms with Gasteiger partial charge >= 0.3 is 5.97 Å². The Bertz CT molecular complexity index is 1930. The van der Waals surface area contributed by atoms with E-state index in [-0.39, 0.29) is 174 Å². The summed E-state index contributed by atoms with van der Waals surface area (Å²) in [4.78, 5) is 128. The zero-order chi connectivity index (χ0) is 62.8. The Labute approximate surface area is 515 Å². The van der Waals surface area contributed by atoms with Crippen LogP contribution in [0.1, 0.15) is 245 Å². The van der Waals surface area contributed by atoms with Crippen LogP contribution in [0.25, 0.3) is 0 Å². The summed E-state index contributed by atoms with van der Waals surface area (Å²) < 4.78 is 21.8. The van der Waals surface area contributed by atoms with Crippen LogP contribution in [0.4, 0.5) is 0 Å². The van der Waals surface area contributed by atoms with E-state index in [0.29, 0.717) is 97.0 Å². The minimum Gasteiger partial charge on any atom is -0.480 e. The molecule has 0 radical (unpaired) electrons. The number of aliphatic carboxylic acids is 1. The van der Waals surface area contributed by atoms with Gasteiger partial charge in [-0.15, -0.1) is 0 Å². The minimum absolute atomic E-state index is 0.00766. The largest absolute Gasteiger partial charge is 0.480 e. The standard InChI is InChI=1S/C66H115N5O15/c1-4-6-7-8-9-10-11-12-13-14-15-16-17-18-19-28-61(76)70-58(66(81)82)33-32-57(73)27-24-44-83-46-48-85-51-63(78)68-41-45-84-47-49-86-50-62(77)67-39-22-20-25-53(5-2)59(74)35-30-55-26-21-23-40-69-65(80)56-37-42-71(43-38-56)64(79)36-31-54(52(3)72)29-34-60(55)75/h53-56,58H,4-51H2,1-3H3,(H,67,77)(H,68,78)(H,69,80)(H,70,76)(H,81,82)/t53-,54-,55+,58?/m0/s1. The van der Waals surface area contributed by atoms with E-state index in [1.54, 1.807) is 4.90 Å². The van der Waals surface area contributed by atoms with Crippen molar-refractivity contribution in [1.82, 2.24) is 26.2 Å². The van der Waals surface area contributed by atoms with Gasteiger partial charge in [0.1, 0.15) is 42.4 Å². The number of carboxylic acid groups (broad SMARTS) is 1. The molecule has 0 aromatic heterocycles. The summed E-state index contributed by atoms with van der Waals surface area (Å²) in [7, 11) is 0. The van der Waals surface area contributed by atoms with Gasteiger partial charge in [0.25, 0.3) is 0 Å². The number of carbonyl (C=O) groups excluding carboxylic acids is 9. The van der Waals surface area contributed by atoms with Crippen molar-refractivity contribution in [2.75, 3.05) is 85.6 Å². The highest BCUT2D eigenvalue weighted by Crippen LogP contribution is 2.26. The molecule has 0 aromatic rings. The molecule has 4 atom stereocenters. The molecule has 0 aromatic carbocycles. The number of nitrogens with one attached hydrogen (secondary N) is 4. The van der Waals surface area contributed by atoms with Gasteiger partial charge in [0.15, 0.2) is 0 Å². The Balaban J connectivity index is 1.45. The molecule has 5 N–H and O–H groups in total. The highest BCUT2D eigenvalue weighted by Gasteiger charge is 2.30. The number of hydrogen-bond donors (Lipinski definition) is 5. The lowest BCUT2D eigenvalue weighted by molar-refractivity contribution is -0.142. The Morgan fingerprint density at radius 3 is 1.77 bits per heavy atom. The van der Waals surface area contributed by atoms with Crippen LogP contribution < -0.4 is 21.3 Å². The maximum atomic E-state index is 13.6. The molecule has 86 heavy (non-hydrogen) atoms. The molecule has 0 aliphatic carbocycles. The van der Waals surface area contributed by atoms with Crippen LogP contribution in [0.2, 0.25) is 0 Å². The van der Waals surface area contributed by atoms with Gasteiger partial charge in [-0.3, -0.25) is 43.2 Å². The molecule has 3 aliphatic rings. The predicted molar refractivity (Wildman–Crippen MR) is 331 cm³/mol. The Morgan fingerprint density at radius 2 is 1.16 bits per heavy atom. The van der Waals surface area contributed by atoms with E-state index in [9.17, 15) is 53.1 Å². The Kier molecular flexibility index (Phi) is 46.1. The van der Waals surface area contributed by atoms with Crippen LogP contribution in [0.3, 0.4) is 0 Å². The van der Waals surface area contributed by atoms with Crippen molar-refractivity contribution in [2.45, 2.75) is 252 Å². The van der Waals surface area contributed by atoms with E-state index in [1.807, 2.05) is 6.92 Å². The van der Waals surface area contributed by atoms with Crippen molar-refractivity contribution in [2.24, 2.45) is 23.7 Å². The molecule has 3 rings (SSSR count). The highest BCUT2D eigenvalue weighted by atomic mass is 16.5. The average molecular weight is 1220 g/mol. The molecule has 0 spiro atoms. The Hall–Kier alpha value is -4.66. The van der Waals surface area contributed by atoms with Crippen molar-refractivity contribution < 1.29 is 72.0 Å². The zero-order valence-electron chi connectivity index (χ0n) is 53.4. The summed E-state index contributed by atoms with van der Waals surface area (Å²) in [6.45, 7) is 9.12. The lowest BCUT2D eigenvalue weighted by Gasteiger charge is -2.32. The summed E-state index contributed by atoms with van der Waals surface area (Å²) in [5.41, 5.74) is 0. The number of carboxylic acids is 1. The normalized spacial score (nSPS) is 17.9. The van der Waals surface area contributed by atoms with Crippen molar-refractivity contribution in [3.63, 3.8) is 0 Å². The van der Waals surface area contributed by atoms with Crippen LogP contribution in [0, 0.1) is 23.7 Å². The van der Waals surface area contributed by atoms with Gasteiger partial charge in [-0.25, -0.2) is 4.79 Å². The molecule has 2 bridgehead atoms. The monoisotopic (exact) mass is 1220 g/mol. The maximum absolute atomic E-state index is 13.6. The first-order valence-corrected chi connectivity index (χ1v) is 33.6. The van der Waals surface area contributed by atoms with E-state index in [0.717, 1.165) is 44.9 Å². The quantitative estimate of drug-likeness (QED) is 0.0355. The first kappa shape index (κ1) is 77.4. The number of ketones is 4.